The Balaban J connectivity index is 3.05. The number of hydrogen-bond donors (Lipinski definition) is 1. The molecule has 0 heterocycles. The van der Waals surface area contributed by atoms with Crippen LogP contribution in [0.15, 0.2) is 23.1 Å². The smallest absolute Gasteiger partial charge is 0.243 e. The van der Waals surface area contributed by atoms with E-state index in [2.05, 4.69) is 18.2 Å². The molecule has 0 aliphatic heterocycles. The maximum Gasteiger partial charge on any atom is 0.243 e. The number of terminal acetylenes is 1. The Morgan fingerprint density at radius 2 is 2.10 bits per heavy atom. The lowest BCUT2D eigenvalue weighted by atomic mass is 10.1. The summed E-state index contributed by atoms with van der Waals surface area (Å²) in [4.78, 5) is 0.325. The van der Waals surface area contributed by atoms with Gasteiger partial charge in [0.25, 0.3) is 0 Å². The zero-order valence-electron chi connectivity index (χ0n) is 12.3. The van der Waals surface area contributed by atoms with Gasteiger partial charge in [-0.1, -0.05) is 25.0 Å². The van der Waals surface area contributed by atoms with Crippen LogP contribution in [0.2, 0.25) is 0 Å². The van der Waals surface area contributed by atoms with Gasteiger partial charge in [-0.05, 0) is 37.1 Å². The van der Waals surface area contributed by atoms with Crippen LogP contribution in [0.25, 0.3) is 0 Å². The summed E-state index contributed by atoms with van der Waals surface area (Å²) in [6.07, 6.45) is 6.23. The fourth-order valence-corrected chi connectivity index (χ4v) is 3.18. The lowest BCUT2D eigenvalue weighted by Gasteiger charge is -2.17. The molecule has 0 radical (unpaired) electrons. The zero-order chi connectivity index (χ0) is 15.2. The van der Waals surface area contributed by atoms with Gasteiger partial charge in [0.2, 0.25) is 10.0 Å². The van der Waals surface area contributed by atoms with E-state index in [0.717, 1.165) is 24.1 Å². The molecule has 0 atom stereocenters. The van der Waals surface area contributed by atoms with Crippen molar-refractivity contribution in [3.63, 3.8) is 0 Å². The number of benzene rings is 1. The van der Waals surface area contributed by atoms with E-state index in [1.54, 1.807) is 13.0 Å². The summed E-state index contributed by atoms with van der Waals surface area (Å²) >= 11 is 0. The number of aryl methyl sites for hydroxylation is 1. The first kappa shape index (κ1) is 16.7. The van der Waals surface area contributed by atoms with Crippen LogP contribution in [-0.2, 0) is 16.6 Å². The molecule has 5 heteroatoms. The minimum Gasteiger partial charge on any atom is -0.313 e. The van der Waals surface area contributed by atoms with Gasteiger partial charge in [-0.25, -0.2) is 8.42 Å². The minimum absolute atomic E-state index is 0.0695. The molecular formula is C15H22N2O2S. The van der Waals surface area contributed by atoms with Crippen LogP contribution in [0.1, 0.15) is 24.5 Å². The molecule has 0 aliphatic carbocycles. The molecule has 0 bridgehead atoms. The predicted octanol–water partition coefficient (Wildman–Crippen LogP) is 1.75. The van der Waals surface area contributed by atoms with Gasteiger partial charge in [0.05, 0.1) is 11.4 Å². The Kier molecular flexibility index (Phi) is 6.21. The fourth-order valence-electron chi connectivity index (χ4n) is 1.82. The van der Waals surface area contributed by atoms with Crippen LogP contribution < -0.4 is 5.32 Å². The van der Waals surface area contributed by atoms with Gasteiger partial charge in [0.1, 0.15) is 0 Å². The van der Waals surface area contributed by atoms with Gasteiger partial charge < -0.3 is 5.32 Å². The van der Waals surface area contributed by atoms with Gasteiger partial charge in [-0.2, -0.15) is 4.31 Å². The molecule has 1 aromatic rings. The number of nitrogens with one attached hydrogen (secondary N) is 1. The highest BCUT2D eigenvalue weighted by atomic mass is 32.2. The highest BCUT2D eigenvalue weighted by Crippen LogP contribution is 2.20. The summed E-state index contributed by atoms with van der Waals surface area (Å²) in [6.45, 7) is 5.52. The normalized spacial score (nSPS) is 11.6. The van der Waals surface area contributed by atoms with Crippen molar-refractivity contribution in [2.75, 3.05) is 20.1 Å². The third kappa shape index (κ3) is 4.07. The van der Waals surface area contributed by atoms with Gasteiger partial charge >= 0.3 is 0 Å². The van der Waals surface area contributed by atoms with Crippen LogP contribution in [0, 0.1) is 19.3 Å². The van der Waals surface area contributed by atoms with Gasteiger partial charge in [-0.3, -0.25) is 0 Å². The lowest BCUT2D eigenvalue weighted by Crippen LogP contribution is -2.28. The summed E-state index contributed by atoms with van der Waals surface area (Å²) in [7, 11) is -2.03. The van der Waals surface area contributed by atoms with E-state index in [1.807, 2.05) is 12.1 Å². The molecule has 0 spiro atoms. The first-order valence-corrected chi connectivity index (χ1v) is 8.07. The number of rotatable bonds is 7. The lowest BCUT2D eigenvalue weighted by molar-refractivity contribution is 0.502. The third-order valence-corrected chi connectivity index (χ3v) is 4.96. The van der Waals surface area contributed by atoms with E-state index in [4.69, 9.17) is 6.42 Å². The predicted molar refractivity (Wildman–Crippen MR) is 81.8 cm³/mol. The first-order chi connectivity index (χ1) is 9.43. The highest BCUT2D eigenvalue weighted by molar-refractivity contribution is 7.89. The maximum atomic E-state index is 12.4. The monoisotopic (exact) mass is 294 g/mol. The van der Waals surface area contributed by atoms with E-state index >= 15 is 0 Å². The van der Waals surface area contributed by atoms with E-state index in [1.165, 1.54) is 11.4 Å². The second kappa shape index (κ2) is 7.44. The quantitative estimate of drug-likeness (QED) is 0.616. The van der Waals surface area contributed by atoms with Crippen LogP contribution in [0.4, 0.5) is 0 Å². The first-order valence-electron chi connectivity index (χ1n) is 6.63. The Labute approximate surface area is 122 Å². The second-order valence-corrected chi connectivity index (χ2v) is 6.76. The van der Waals surface area contributed by atoms with Crippen molar-refractivity contribution in [3.05, 3.63) is 29.3 Å². The molecule has 1 N–H and O–H groups in total. The van der Waals surface area contributed by atoms with Crippen molar-refractivity contribution >= 4 is 10.0 Å². The highest BCUT2D eigenvalue weighted by Gasteiger charge is 2.22. The molecule has 0 aliphatic rings. The van der Waals surface area contributed by atoms with Crippen LogP contribution in [0.5, 0.6) is 0 Å². The standard InChI is InChI=1S/C15H22N2O2S/c1-5-9-16-12-14-8-7-13(3)15(11-14)20(18,19)17(4)10-6-2/h2,7-8,11,16H,5,9-10,12H2,1,3-4H3. The summed E-state index contributed by atoms with van der Waals surface area (Å²) in [5.74, 6) is 2.35. The minimum atomic E-state index is -3.52. The summed E-state index contributed by atoms with van der Waals surface area (Å²) in [5.41, 5.74) is 1.69. The molecular weight excluding hydrogens is 272 g/mol. The van der Waals surface area contributed by atoms with Crippen LogP contribution >= 0.6 is 0 Å². The Hall–Kier alpha value is -1.35. The molecule has 0 unspecified atom stereocenters. The fraction of sp³-hybridized carbons (Fsp3) is 0.467. The maximum absolute atomic E-state index is 12.4. The Bertz CT molecular complexity index is 588. The SMILES string of the molecule is C#CCN(C)S(=O)(=O)c1cc(CNCCC)ccc1C. The number of nitrogens with zero attached hydrogens (tertiary/aromatic N) is 1. The molecule has 0 saturated heterocycles. The second-order valence-electron chi connectivity index (χ2n) is 4.74. The molecule has 0 amide bonds. The molecule has 4 nitrogen and oxygen atoms in total. The largest absolute Gasteiger partial charge is 0.313 e. The molecule has 0 aromatic heterocycles. The van der Waals surface area contributed by atoms with Crippen molar-refractivity contribution in [3.8, 4) is 12.3 Å². The third-order valence-electron chi connectivity index (χ3n) is 3.01. The topological polar surface area (TPSA) is 49.4 Å². The van der Waals surface area contributed by atoms with E-state index in [0.29, 0.717) is 11.4 Å². The van der Waals surface area contributed by atoms with E-state index in [9.17, 15) is 8.42 Å². The molecule has 20 heavy (non-hydrogen) atoms. The van der Waals surface area contributed by atoms with Crippen molar-refractivity contribution < 1.29 is 8.42 Å². The van der Waals surface area contributed by atoms with Crippen molar-refractivity contribution in [2.45, 2.75) is 31.7 Å². The molecule has 0 fully saturated rings. The molecule has 0 saturated carbocycles. The van der Waals surface area contributed by atoms with Gasteiger partial charge in [0.15, 0.2) is 0 Å². The molecule has 1 rings (SSSR count). The van der Waals surface area contributed by atoms with Crippen molar-refractivity contribution in [1.82, 2.24) is 9.62 Å². The summed E-state index contributed by atoms with van der Waals surface area (Å²) in [5, 5.41) is 3.26. The average Bonchev–Trinajstić information content (AvgIpc) is 2.41. The molecule has 110 valence electrons. The van der Waals surface area contributed by atoms with Crippen molar-refractivity contribution in [2.24, 2.45) is 0 Å². The number of sulfonamides is 1. The van der Waals surface area contributed by atoms with Gasteiger partial charge in [0, 0.05) is 13.6 Å². The summed E-state index contributed by atoms with van der Waals surface area (Å²) in [6, 6.07) is 5.50. The van der Waals surface area contributed by atoms with Crippen LogP contribution in [-0.4, -0.2) is 32.9 Å². The van der Waals surface area contributed by atoms with Crippen molar-refractivity contribution in [1.29, 1.82) is 0 Å². The molecule has 1 aromatic carbocycles. The Morgan fingerprint density at radius 1 is 1.40 bits per heavy atom. The van der Waals surface area contributed by atoms with E-state index in [-0.39, 0.29) is 6.54 Å². The zero-order valence-corrected chi connectivity index (χ0v) is 13.1. The van der Waals surface area contributed by atoms with E-state index < -0.39 is 10.0 Å². The number of hydrogen-bond acceptors (Lipinski definition) is 3. The van der Waals surface area contributed by atoms with Gasteiger partial charge in [-0.15, -0.1) is 6.42 Å². The van der Waals surface area contributed by atoms with Crippen LogP contribution in [0.3, 0.4) is 0 Å². The average molecular weight is 294 g/mol. The Morgan fingerprint density at radius 3 is 2.70 bits per heavy atom. The summed E-state index contributed by atoms with van der Waals surface area (Å²) < 4.78 is 26.1.